The number of carbonyl (C=O) groups is 1. The topological polar surface area (TPSA) is 106 Å². The Bertz CT molecular complexity index is 1030. The molecule has 0 N–H and O–H groups in total. The van der Waals surface area contributed by atoms with Gasteiger partial charge in [-0.1, -0.05) is 6.08 Å². The number of esters is 1. The smallest absolute Gasteiger partial charge is 0.338 e. The van der Waals surface area contributed by atoms with E-state index in [1.54, 1.807) is 38.1 Å². The third-order valence-electron chi connectivity index (χ3n) is 4.65. The SMILES string of the molecule is COc1cc(COC(=O)c2cc3c(c([N+](=O)[O-])c2)OC(C)(C)C=C3)cc(OC)c1OC. The Labute approximate surface area is 179 Å². The summed E-state index contributed by atoms with van der Waals surface area (Å²) in [6, 6.07) is 5.97. The van der Waals surface area contributed by atoms with Crippen LogP contribution in [0.4, 0.5) is 5.69 Å². The van der Waals surface area contributed by atoms with Crippen molar-refractivity contribution in [1.29, 1.82) is 0 Å². The molecule has 0 fully saturated rings. The van der Waals surface area contributed by atoms with Crippen molar-refractivity contribution in [3.8, 4) is 23.0 Å². The van der Waals surface area contributed by atoms with E-state index >= 15 is 0 Å². The summed E-state index contributed by atoms with van der Waals surface area (Å²) in [5.74, 6) is 0.668. The fraction of sp³-hybridized carbons (Fsp3) is 0.318. The van der Waals surface area contributed by atoms with E-state index in [-0.39, 0.29) is 23.6 Å². The number of nitrogens with zero attached hydrogens (tertiary/aromatic N) is 1. The molecule has 3 rings (SSSR count). The fourth-order valence-corrected chi connectivity index (χ4v) is 3.16. The molecular formula is C22H23NO8. The Morgan fingerprint density at radius 2 is 1.71 bits per heavy atom. The highest BCUT2D eigenvalue weighted by atomic mass is 16.6. The summed E-state index contributed by atoms with van der Waals surface area (Å²) in [4.78, 5) is 23.6. The minimum absolute atomic E-state index is 0.0471. The molecule has 31 heavy (non-hydrogen) atoms. The molecule has 0 saturated carbocycles. The maximum atomic E-state index is 12.6. The third-order valence-corrected chi connectivity index (χ3v) is 4.65. The average Bonchev–Trinajstić information content (AvgIpc) is 2.75. The van der Waals surface area contributed by atoms with E-state index < -0.39 is 16.5 Å². The Kier molecular flexibility index (Phi) is 6.05. The predicted molar refractivity (Wildman–Crippen MR) is 112 cm³/mol. The van der Waals surface area contributed by atoms with Crippen molar-refractivity contribution in [2.24, 2.45) is 0 Å². The number of nitro benzene ring substituents is 1. The number of carbonyl (C=O) groups excluding carboxylic acids is 1. The van der Waals surface area contributed by atoms with Gasteiger partial charge in [-0.15, -0.1) is 0 Å². The molecule has 0 spiro atoms. The van der Waals surface area contributed by atoms with E-state index in [0.29, 0.717) is 28.4 Å². The minimum atomic E-state index is -0.710. The Hall–Kier alpha value is -3.75. The first-order valence-corrected chi connectivity index (χ1v) is 9.35. The van der Waals surface area contributed by atoms with Crippen molar-refractivity contribution < 1.29 is 33.4 Å². The van der Waals surface area contributed by atoms with Gasteiger partial charge in [0.15, 0.2) is 11.5 Å². The van der Waals surface area contributed by atoms with Crippen molar-refractivity contribution in [3.63, 3.8) is 0 Å². The molecule has 0 bridgehead atoms. The van der Waals surface area contributed by atoms with E-state index in [1.165, 1.54) is 27.4 Å². The number of methoxy groups -OCH3 is 3. The molecule has 0 amide bonds. The number of rotatable bonds is 7. The summed E-state index contributed by atoms with van der Waals surface area (Å²) < 4.78 is 27.0. The molecule has 0 saturated heterocycles. The average molecular weight is 429 g/mol. The number of benzene rings is 2. The van der Waals surface area contributed by atoms with Crippen LogP contribution in [0.5, 0.6) is 23.0 Å². The van der Waals surface area contributed by atoms with Crippen molar-refractivity contribution in [2.45, 2.75) is 26.1 Å². The molecular weight excluding hydrogens is 406 g/mol. The molecule has 9 nitrogen and oxygen atoms in total. The maximum Gasteiger partial charge on any atom is 0.338 e. The fourth-order valence-electron chi connectivity index (χ4n) is 3.16. The number of ether oxygens (including phenoxy) is 5. The summed E-state index contributed by atoms with van der Waals surface area (Å²) >= 11 is 0. The van der Waals surface area contributed by atoms with Crippen LogP contribution < -0.4 is 18.9 Å². The van der Waals surface area contributed by atoms with Crippen molar-refractivity contribution in [3.05, 3.63) is 57.1 Å². The van der Waals surface area contributed by atoms with Crippen LogP contribution in [0, 0.1) is 10.1 Å². The summed E-state index contributed by atoms with van der Waals surface area (Å²) in [6.45, 7) is 3.48. The lowest BCUT2D eigenvalue weighted by Crippen LogP contribution is -2.28. The second-order valence-corrected chi connectivity index (χ2v) is 7.32. The van der Waals surface area contributed by atoms with Gasteiger partial charge in [0.1, 0.15) is 12.2 Å². The van der Waals surface area contributed by atoms with Gasteiger partial charge in [-0.2, -0.15) is 0 Å². The van der Waals surface area contributed by atoms with E-state index in [4.69, 9.17) is 23.7 Å². The summed E-state index contributed by atoms with van der Waals surface area (Å²) in [7, 11) is 4.45. The molecule has 1 aliphatic rings. The van der Waals surface area contributed by atoms with Gasteiger partial charge in [0.05, 0.1) is 31.8 Å². The monoisotopic (exact) mass is 429 g/mol. The molecule has 0 radical (unpaired) electrons. The predicted octanol–water partition coefficient (Wildman–Crippen LogP) is 4.16. The van der Waals surface area contributed by atoms with Gasteiger partial charge in [0.2, 0.25) is 11.5 Å². The van der Waals surface area contributed by atoms with Crippen molar-refractivity contribution in [1.82, 2.24) is 0 Å². The van der Waals surface area contributed by atoms with Crippen molar-refractivity contribution in [2.75, 3.05) is 21.3 Å². The Morgan fingerprint density at radius 3 is 2.26 bits per heavy atom. The van der Waals surface area contributed by atoms with Crippen LogP contribution in [0.3, 0.4) is 0 Å². The lowest BCUT2D eigenvalue weighted by atomic mass is 9.99. The van der Waals surface area contributed by atoms with Crippen LogP contribution in [0.2, 0.25) is 0 Å². The second-order valence-electron chi connectivity index (χ2n) is 7.32. The minimum Gasteiger partial charge on any atom is -0.493 e. The number of nitro groups is 1. The number of hydrogen-bond donors (Lipinski definition) is 0. The van der Waals surface area contributed by atoms with Crippen LogP contribution in [0.15, 0.2) is 30.3 Å². The normalized spacial score (nSPS) is 13.6. The molecule has 0 aromatic heterocycles. The molecule has 2 aromatic carbocycles. The zero-order chi connectivity index (χ0) is 22.8. The Balaban J connectivity index is 1.86. The zero-order valence-corrected chi connectivity index (χ0v) is 17.9. The molecule has 0 atom stereocenters. The van der Waals surface area contributed by atoms with Gasteiger partial charge in [-0.25, -0.2) is 4.79 Å². The van der Waals surface area contributed by atoms with Gasteiger partial charge in [-0.3, -0.25) is 10.1 Å². The van der Waals surface area contributed by atoms with Crippen LogP contribution in [-0.2, 0) is 11.3 Å². The lowest BCUT2D eigenvalue weighted by Gasteiger charge is -2.27. The molecule has 0 unspecified atom stereocenters. The molecule has 0 aliphatic carbocycles. The molecule has 1 aliphatic heterocycles. The molecule has 9 heteroatoms. The summed E-state index contributed by atoms with van der Waals surface area (Å²) in [5, 5.41) is 11.5. The highest BCUT2D eigenvalue weighted by Crippen LogP contribution is 2.40. The number of fused-ring (bicyclic) bond motifs is 1. The lowest BCUT2D eigenvalue weighted by molar-refractivity contribution is -0.386. The summed E-state index contributed by atoms with van der Waals surface area (Å²) in [5.41, 5.74) is 0.0979. The molecule has 2 aromatic rings. The first kappa shape index (κ1) is 21.9. The van der Waals surface area contributed by atoms with Gasteiger partial charge in [0, 0.05) is 11.6 Å². The maximum absolute atomic E-state index is 12.6. The molecule has 164 valence electrons. The first-order valence-electron chi connectivity index (χ1n) is 9.35. The van der Waals surface area contributed by atoms with Gasteiger partial charge < -0.3 is 23.7 Å². The van der Waals surface area contributed by atoms with Gasteiger partial charge in [0.25, 0.3) is 0 Å². The standard InChI is InChI=1S/C22H23NO8/c1-22(2)7-6-14-10-15(11-16(23(25)26)19(14)31-22)21(24)30-12-13-8-17(27-3)20(29-5)18(9-13)28-4/h6-11H,12H2,1-5H3. The van der Waals surface area contributed by atoms with Crippen LogP contribution >= 0.6 is 0 Å². The zero-order valence-electron chi connectivity index (χ0n) is 17.9. The van der Waals surface area contributed by atoms with E-state index in [1.807, 2.05) is 0 Å². The van der Waals surface area contributed by atoms with E-state index in [2.05, 4.69) is 0 Å². The van der Waals surface area contributed by atoms with Crippen LogP contribution in [0.25, 0.3) is 6.08 Å². The van der Waals surface area contributed by atoms with Crippen LogP contribution in [0.1, 0.15) is 35.3 Å². The summed E-state index contributed by atoms with van der Waals surface area (Å²) in [6.07, 6.45) is 3.46. The first-order chi connectivity index (χ1) is 14.7. The van der Waals surface area contributed by atoms with Gasteiger partial charge in [-0.05, 0) is 43.7 Å². The highest BCUT2D eigenvalue weighted by molar-refractivity contribution is 5.92. The molecule has 1 heterocycles. The third kappa shape index (κ3) is 4.55. The van der Waals surface area contributed by atoms with Crippen LogP contribution in [-0.4, -0.2) is 37.8 Å². The van der Waals surface area contributed by atoms with Crippen molar-refractivity contribution >= 4 is 17.7 Å². The Morgan fingerprint density at radius 1 is 1.06 bits per heavy atom. The highest BCUT2D eigenvalue weighted by Gasteiger charge is 2.30. The van der Waals surface area contributed by atoms with Gasteiger partial charge >= 0.3 is 11.7 Å². The van der Waals surface area contributed by atoms with E-state index in [9.17, 15) is 14.9 Å². The second kappa shape index (κ2) is 8.55. The number of hydrogen-bond acceptors (Lipinski definition) is 8. The quantitative estimate of drug-likeness (QED) is 0.367. The largest absolute Gasteiger partial charge is 0.493 e. The van der Waals surface area contributed by atoms with E-state index in [0.717, 1.165) is 6.07 Å².